The summed E-state index contributed by atoms with van der Waals surface area (Å²) in [4.78, 5) is 11.9. The van der Waals surface area contributed by atoms with Crippen molar-refractivity contribution in [3.63, 3.8) is 0 Å². The van der Waals surface area contributed by atoms with Crippen molar-refractivity contribution in [1.82, 2.24) is 0 Å². The molecular weight excluding hydrogens is 196 g/mol. The lowest BCUT2D eigenvalue weighted by Gasteiger charge is -2.36. The first-order chi connectivity index (χ1) is 7.70. The van der Waals surface area contributed by atoms with Crippen LogP contribution in [-0.2, 0) is 4.79 Å². The van der Waals surface area contributed by atoms with E-state index in [-0.39, 0.29) is 5.92 Å². The summed E-state index contributed by atoms with van der Waals surface area (Å²) in [6.07, 6.45) is 8.68. The fraction of sp³-hybridized carbons (Fsp3) is 0.800. The maximum atomic E-state index is 11.9. The van der Waals surface area contributed by atoms with Crippen molar-refractivity contribution >= 4 is 5.78 Å². The van der Waals surface area contributed by atoms with Crippen LogP contribution in [0.2, 0.25) is 0 Å². The minimum absolute atomic E-state index is 0.269. The Kier molecular flexibility index (Phi) is 2.45. The monoisotopic (exact) mass is 218 g/mol. The van der Waals surface area contributed by atoms with Gasteiger partial charge in [0.25, 0.3) is 0 Å². The lowest BCUT2D eigenvalue weighted by molar-refractivity contribution is -0.122. The van der Waals surface area contributed by atoms with Gasteiger partial charge < -0.3 is 0 Å². The highest BCUT2D eigenvalue weighted by molar-refractivity contribution is 5.83. The molecule has 16 heavy (non-hydrogen) atoms. The van der Waals surface area contributed by atoms with Crippen LogP contribution < -0.4 is 0 Å². The van der Waals surface area contributed by atoms with E-state index in [0.29, 0.717) is 12.2 Å². The van der Waals surface area contributed by atoms with Crippen LogP contribution in [-0.4, -0.2) is 5.78 Å². The first-order valence-corrected chi connectivity index (χ1v) is 6.91. The fourth-order valence-corrected chi connectivity index (χ4v) is 4.57. The topological polar surface area (TPSA) is 17.1 Å². The van der Waals surface area contributed by atoms with Gasteiger partial charge in [-0.1, -0.05) is 18.6 Å². The molecule has 0 aromatic rings. The van der Waals surface area contributed by atoms with Crippen LogP contribution in [0.3, 0.4) is 0 Å². The van der Waals surface area contributed by atoms with E-state index in [0.717, 1.165) is 23.7 Å². The minimum Gasteiger partial charge on any atom is -0.299 e. The zero-order chi connectivity index (χ0) is 11.3. The Balaban J connectivity index is 1.86. The van der Waals surface area contributed by atoms with Crippen LogP contribution in [0.5, 0.6) is 0 Å². The van der Waals surface area contributed by atoms with E-state index >= 15 is 0 Å². The van der Waals surface area contributed by atoms with E-state index in [1.54, 1.807) is 0 Å². The molecule has 2 bridgehead atoms. The summed E-state index contributed by atoms with van der Waals surface area (Å²) in [6, 6.07) is 0. The Bertz CT molecular complexity index is 341. The van der Waals surface area contributed by atoms with Gasteiger partial charge in [-0.3, -0.25) is 4.79 Å². The Labute approximate surface area is 98.3 Å². The fourth-order valence-electron chi connectivity index (χ4n) is 4.57. The normalized spacial score (nSPS) is 45.4. The number of rotatable bonds is 2. The van der Waals surface area contributed by atoms with Crippen molar-refractivity contribution in [2.45, 2.75) is 46.0 Å². The number of carbonyl (C=O) groups excluding carboxylic acids is 1. The molecule has 0 heterocycles. The predicted molar refractivity (Wildman–Crippen MR) is 65.0 cm³/mol. The third kappa shape index (κ3) is 1.40. The zero-order valence-corrected chi connectivity index (χ0v) is 10.4. The van der Waals surface area contributed by atoms with Gasteiger partial charge in [0, 0.05) is 12.3 Å². The number of hydrogen-bond acceptors (Lipinski definition) is 1. The highest BCUT2D eigenvalue weighted by Gasteiger charge is 2.49. The Morgan fingerprint density at radius 2 is 2.06 bits per heavy atom. The van der Waals surface area contributed by atoms with Gasteiger partial charge in [0.05, 0.1) is 0 Å². The molecule has 88 valence electrons. The molecule has 0 spiro atoms. The number of allylic oxidation sites excluding steroid dienone is 2. The summed E-state index contributed by atoms with van der Waals surface area (Å²) in [6.45, 7) is 4.18. The molecule has 5 atom stereocenters. The second kappa shape index (κ2) is 3.72. The molecule has 0 radical (unpaired) electrons. The second-order valence-electron chi connectivity index (χ2n) is 6.09. The molecule has 2 saturated carbocycles. The standard InChI is InChI=1S/C15H22O/c1-3-15(16)12-8-14-11-5-4-10(7-11)13(14)6-9(12)2/h6,10-14H,3-5,7-8H2,1-2H3/t10-,11+,12-,13+,14-/m1/s1. The van der Waals surface area contributed by atoms with Crippen molar-refractivity contribution in [1.29, 1.82) is 0 Å². The summed E-state index contributed by atoms with van der Waals surface area (Å²) < 4.78 is 0. The Hall–Kier alpha value is -0.590. The smallest absolute Gasteiger partial charge is 0.139 e. The lowest BCUT2D eigenvalue weighted by Crippen LogP contribution is -2.31. The maximum Gasteiger partial charge on any atom is 0.139 e. The zero-order valence-electron chi connectivity index (χ0n) is 10.4. The third-order valence-corrected chi connectivity index (χ3v) is 5.41. The minimum atomic E-state index is 0.269. The molecular formula is C15H22O. The van der Waals surface area contributed by atoms with Gasteiger partial charge in [0.1, 0.15) is 5.78 Å². The maximum absolute atomic E-state index is 11.9. The van der Waals surface area contributed by atoms with Crippen LogP contribution in [0.1, 0.15) is 46.0 Å². The van der Waals surface area contributed by atoms with E-state index < -0.39 is 0 Å². The molecule has 1 nitrogen and oxygen atoms in total. The van der Waals surface area contributed by atoms with Crippen LogP contribution in [0.4, 0.5) is 0 Å². The summed E-state index contributed by atoms with van der Waals surface area (Å²) in [5, 5.41) is 0. The SMILES string of the molecule is CCC(=O)[C@@H]1C[C@@H]2[C@H]3CC[C@H](C3)[C@@H]2C=C1C. The van der Waals surface area contributed by atoms with Crippen molar-refractivity contribution in [3.05, 3.63) is 11.6 Å². The lowest BCUT2D eigenvalue weighted by atomic mass is 9.68. The van der Waals surface area contributed by atoms with E-state index in [1.807, 2.05) is 6.92 Å². The molecule has 3 aliphatic rings. The number of Topliss-reactive ketones (excluding diaryl/α,β-unsaturated/α-hetero) is 1. The average molecular weight is 218 g/mol. The van der Waals surface area contributed by atoms with Gasteiger partial charge in [-0.2, -0.15) is 0 Å². The van der Waals surface area contributed by atoms with Crippen LogP contribution in [0, 0.1) is 29.6 Å². The number of fused-ring (bicyclic) bond motifs is 5. The molecule has 0 aromatic heterocycles. The number of carbonyl (C=O) groups is 1. The number of ketones is 1. The van der Waals surface area contributed by atoms with Gasteiger partial charge >= 0.3 is 0 Å². The van der Waals surface area contributed by atoms with Gasteiger partial charge in [-0.05, 0) is 56.3 Å². The van der Waals surface area contributed by atoms with Crippen molar-refractivity contribution < 1.29 is 4.79 Å². The van der Waals surface area contributed by atoms with Crippen LogP contribution >= 0.6 is 0 Å². The van der Waals surface area contributed by atoms with Gasteiger partial charge in [0.15, 0.2) is 0 Å². The predicted octanol–water partition coefficient (Wildman–Crippen LogP) is 3.59. The third-order valence-electron chi connectivity index (χ3n) is 5.41. The van der Waals surface area contributed by atoms with E-state index in [9.17, 15) is 4.79 Å². The molecule has 0 unspecified atom stereocenters. The van der Waals surface area contributed by atoms with Crippen molar-refractivity contribution in [3.8, 4) is 0 Å². The quantitative estimate of drug-likeness (QED) is 0.647. The largest absolute Gasteiger partial charge is 0.299 e. The molecule has 2 fully saturated rings. The molecule has 0 N–H and O–H groups in total. The Morgan fingerprint density at radius 3 is 2.81 bits per heavy atom. The second-order valence-corrected chi connectivity index (χ2v) is 6.09. The average Bonchev–Trinajstić information content (AvgIpc) is 2.88. The van der Waals surface area contributed by atoms with E-state index in [4.69, 9.17) is 0 Å². The molecule has 1 heteroatoms. The van der Waals surface area contributed by atoms with Gasteiger partial charge in [-0.15, -0.1) is 0 Å². The number of hydrogen-bond donors (Lipinski definition) is 0. The first-order valence-electron chi connectivity index (χ1n) is 6.91. The molecule has 3 aliphatic carbocycles. The van der Waals surface area contributed by atoms with Crippen LogP contribution in [0.15, 0.2) is 11.6 Å². The van der Waals surface area contributed by atoms with Crippen LogP contribution in [0.25, 0.3) is 0 Å². The molecule has 0 aromatic carbocycles. The van der Waals surface area contributed by atoms with E-state index in [2.05, 4.69) is 13.0 Å². The summed E-state index contributed by atoms with van der Waals surface area (Å²) >= 11 is 0. The Morgan fingerprint density at radius 1 is 1.31 bits per heavy atom. The van der Waals surface area contributed by atoms with Crippen molar-refractivity contribution in [2.75, 3.05) is 0 Å². The van der Waals surface area contributed by atoms with Crippen molar-refractivity contribution in [2.24, 2.45) is 29.6 Å². The molecule has 3 rings (SSSR count). The summed E-state index contributed by atoms with van der Waals surface area (Å²) in [5.41, 5.74) is 1.38. The van der Waals surface area contributed by atoms with Gasteiger partial charge in [-0.25, -0.2) is 0 Å². The van der Waals surface area contributed by atoms with E-state index in [1.165, 1.54) is 31.3 Å². The molecule has 0 saturated heterocycles. The highest BCUT2D eigenvalue weighted by Crippen LogP contribution is 2.57. The van der Waals surface area contributed by atoms with Gasteiger partial charge in [0.2, 0.25) is 0 Å². The molecule has 0 amide bonds. The summed E-state index contributed by atoms with van der Waals surface area (Å²) in [7, 11) is 0. The summed E-state index contributed by atoms with van der Waals surface area (Å²) in [5.74, 6) is 4.33. The highest BCUT2D eigenvalue weighted by atomic mass is 16.1. The molecule has 0 aliphatic heterocycles. The first kappa shape index (κ1) is 10.6.